The normalized spacial score (nSPS) is 16.2. The smallest absolute Gasteiger partial charge is 0.261 e. The van der Waals surface area contributed by atoms with Gasteiger partial charge in [0.15, 0.2) is 5.13 Å². The third-order valence-corrected chi connectivity index (χ3v) is 5.44. The summed E-state index contributed by atoms with van der Waals surface area (Å²) in [4.78, 5) is 33.4. The molecule has 1 fully saturated rings. The summed E-state index contributed by atoms with van der Waals surface area (Å²) in [6.07, 6.45) is 1.79. The lowest BCUT2D eigenvalue weighted by Gasteiger charge is -2.35. The van der Waals surface area contributed by atoms with Crippen molar-refractivity contribution in [3.63, 3.8) is 0 Å². The maximum atomic E-state index is 12.5. The van der Waals surface area contributed by atoms with Crippen LogP contribution in [0.3, 0.4) is 0 Å². The van der Waals surface area contributed by atoms with Gasteiger partial charge in [0, 0.05) is 37.8 Å². The van der Waals surface area contributed by atoms with Crippen molar-refractivity contribution in [3.8, 4) is 0 Å². The Hall–Kier alpha value is -1.93. The van der Waals surface area contributed by atoms with Crippen molar-refractivity contribution in [1.29, 1.82) is 0 Å². The SMILES string of the molecule is C[C@@H](NC(=O)c1cccs1)C(=O)N1CCN(c2nccs2)CC1. The minimum atomic E-state index is -0.518. The summed E-state index contributed by atoms with van der Waals surface area (Å²) < 4.78 is 0. The van der Waals surface area contributed by atoms with Gasteiger partial charge in [-0.3, -0.25) is 9.59 Å². The van der Waals surface area contributed by atoms with Gasteiger partial charge in [-0.1, -0.05) is 6.07 Å². The van der Waals surface area contributed by atoms with E-state index in [0.717, 1.165) is 18.2 Å². The topological polar surface area (TPSA) is 65.5 Å². The lowest BCUT2D eigenvalue weighted by atomic mass is 10.2. The van der Waals surface area contributed by atoms with Gasteiger partial charge < -0.3 is 15.1 Å². The van der Waals surface area contributed by atoms with Crippen LogP contribution >= 0.6 is 22.7 Å². The Morgan fingerprint density at radius 1 is 1.22 bits per heavy atom. The van der Waals surface area contributed by atoms with Crippen LogP contribution in [-0.4, -0.2) is 53.9 Å². The van der Waals surface area contributed by atoms with Crippen molar-refractivity contribution in [2.75, 3.05) is 31.1 Å². The fourth-order valence-electron chi connectivity index (χ4n) is 2.50. The molecule has 1 N–H and O–H groups in total. The van der Waals surface area contributed by atoms with Gasteiger partial charge in [-0.15, -0.1) is 22.7 Å². The van der Waals surface area contributed by atoms with Crippen LogP contribution in [0.5, 0.6) is 0 Å². The molecule has 0 bridgehead atoms. The highest BCUT2D eigenvalue weighted by molar-refractivity contribution is 7.13. The minimum Gasteiger partial charge on any atom is -0.345 e. The van der Waals surface area contributed by atoms with Gasteiger partial charge in [-0.2, -0.15) is 0 Å². The van der Waals surface area contributed by atoms with Gasteiger partial charge in [-0.05, 0) is 18.4 Å². The van der Waals surface area contributed by atoms with Crippen molar-refractivity contribution in [1.82, 2.24) is 15.2 Å². The zero-order valence-electron chi connectivity index (χ0n) is 12.8. The van der Waals surface area contributed by atoms with Gasteiger partial charge in [0.1, 0.15) is 6.04 Å². The molecule has 0 aromatic carbocycles. The highest BCUT2D eigenvalue weighted by Gasteiger charge is 2.26. The highest BCUT2D eigenvalue weighted by Crippen LogP contribution is 2.19. The summed E-state index contributed by atoms with van der Waals surface area (Å²) in [5.41, 5.74) is 0. The van der Waals surface area contributed by atoms with E-state index in [9.17, 15) is 9.59 Å². The quantitative estimate of drug-likeness (QED) is 0.911. The molecule has 3 rings (SSSR count). The second kappa shape index (κ2) is 7.10. The molecule has 1 aliphatic heterocycles. The minimum absolute atomic E-state index is 0.0336. The molecule has 2 aromatic heterocycles. The summed E-state index contributed by atoms with van der Waals surface area (Å²) in [5.74, 6) is -0.226. The summed E-state index contributed by atoms with van der Waals surface area (Å²) in [6.45, 7) is 4.58. The van der Waals surface area contributed by atoms with Crippen molar-refractivity contribution < 1.29 is 9.59 Å². The van der Waals surface area contributed by atoms with Crippen LogP contribution in [0.4, 0.5) is 5.13 Å². The predicted octanol–water partition coefficient (Wildman–Crippen LogP) is 1.67. The summed E-state index contributed by atoms with van der Waals surface area (Å²) in [5, 5.41) is 7.57. The number of nitrogens with zero attached hydrogens (tertiary/aromatic N) is 3. The first kappa shape index (κ1) is 15.9. The van der Waals surface area contributed by atoms with E-state index in [-0.39, 0.29) is 11.8 Å². The number of piperazine rings is 1. The number of rotatable bonds is 4. The van der Waals surface area contributed by atoms with Crippen LogP contribution in [0, 0.1) is 0 Å². The molecule has 6 nitrogen and oxygen atoms in total. The van der Waals surface area contributed by atoms with Gasteiger partial charge in [0.2, 0.25) is 5.91 Å². The molecule has 0 spiro atoms. The first-order valence-electron chi connectivity index (χ1n) is 7.43. The molecule has 2 amide bonds. The van der Waals surface area contributed by atoms with Crippen molar-refractivity contribution in [2.24, 2.45) is 0 Å². The third kappa shape index (κ3) is 3.70. The second-order valence-electron chi connectivity index (χ2n) is 5.30. The summed E-state index contributed by atoms with van der Waals surface area (Å²) >= 11 is 2.98. The fraction of sp³-hybridized carbons (Fsp3) is 0.400. The number of amides is 2. The van der Waals surface area contributed by atoms with Gasteiger partial charge in [0.05, 0.1) is 4.88 Å². The van der Waals surface area contributed by atoms with Gasteiger partial charge in [-0.25, -0.2) is 4.98 Å². The zero-order valence-corrected chi connectivity index (χ0v) is 14.4. The van der Waals surface area contributed by atoms with Crippen LogP contribution in [0.25, 0.3) is 0 Å². The van der Waals surface area contributed by atoms with E-state index in [1.165, 1.54) is 11.3 Å². The van der Waals surface area contributed by atoms with E-state index in [1.807, 2.05) is 21.7 Å². The van der Waals surface area contributed by atoms with Crippen molar-refractivity contribution in [2.45, 2.75) is 13.0 Å². The molecule has 3 heterocycles. The molecule has 0 unspecified atom stereocenters. The number of thiophene rings is 1. The second-order valence-corrected chi connectivity index (χ2v) is 7.12. The van der Waals surface area contributed by atoms with Crippen LogP contribution < -0.4 is 10.2 Å². The Balaban J connectivity index is 1.51. The lowest BCUT2D eigenvalue weighted by molar-refractivity contribution is -0.133. The molecule has 2 aromatic rings. The molecular formula is C15H18N4O2S2. The van der Waals surface area contributed by atoms with E-state index in [0.29, 0.717) is 18.0 Å². The van der Waals surface area contributed by atoms with Crippen LogP contribution in [-0.2, 0) is 4.79 Å². The van der Waals surface area contributed by atoms with E-state index >= 15 is 0 Å². The number of aromatic nitrogens is 1. The maximum Gasteiger partial charge on any atom is 0.261 e. The summed E-state index contributed by atoms with van der Waals surface area (Å²) in [6, 6.07) is 3.06. The molecule has 122 valence electrons. The van der Waals surface area contributed by atoms with Crippen LogP contribution in [0.1, 0.15) is 16.6 Å². The molecule has 0 aliphatic carbocycles. The number of hydrogen-bond donors (Lipinski definition) is 1. The number of carbonyl (C=O) groups is 2. The third-order valence-electron chi connectivity index (χ3n) is 3.74. The molecule has 1 saturated heterocycles. The molecule has 0 saturated carbocycles. The molecule has 0 radical (unpaired) electrons. The Labute approximate surface area is 142 Å². The first-order valence-corrected chi connectivity index (χ1v) is 9.18. The molecule has 1 atom stereocenters. The van der Waals surface area contributed by atoms with Crippen molar-refractivity contribution >= 4 is 39.6 Å². The first-order chi connectivity index (χ1) is 11.1. The number of carbonyl (C=O) groups excluding carboxylic acids is 2. The van der Waals surface area contributed by atoms with E-state index in [4.69, 9.17) is 0 Å². The predicted molar refractivity (Wildman–Crippen MR) is 92.2 cm³/mol. The molecule has 8 heteroatoms. The Morgan fingerprint density at radius 3 is 2.61 bits per heavy atom. The van der Waals surface area contributed by atoms with Crippen LogP contribution in [0.15, 0.2) is 29.1 Å². The highest BCUT2D eigenvalue weighted by atomic mass is 32.1. The fourth-order valence-corrected chi connectivity index (χ4v) is 3.82. The van der Waals surface area contributed by atoms with E-state index < -0.39 is 6.04 Å². The maximum absolute atomic E-state index is 12.5. The number of hydrogen-bond acceptors (Lipinski definition) is 6. The largest absolute Gasteiger partial charge is 0.345 e. The molecule has 1 aliphatic rings. The number of thiazole rings is 1. The Morgan fingerprint density at radius 2 is 2.00 bits per heavy atom. The number of anilines is 1. The van der Waals surface area contributed by atoms with E-state index in [1.54, 1.807) is 30.5 Å². The van der Waals surface area contributed by atoms with Crippen molar-refractivity contribution in [3.05, 3.63) is 34.0 Å². The zero-order chi connectivity index (χ0) is 16.2. The monoisotopic (exact) mass is 350 g/mol. The lowest BCUT2D eigenvalue weighted by Crippen LogP contribution is -2.54. The Bertz CT molecular complexity index is 649. The standard InChI is InChI=1S/C15H18N4O2S2/c1-11(17-13(20)12-3-2-9-22-12)14(21)18-5-7-19(8-6-18)15-16-4-10-23-15/h2-4,9-11H,5-8H2,1H3,(H,17,20)/t11-/m1/s1. The number of nitrogens with one attached hydrogen (secondary N) is 1. The molecular weight excluding hydrogens is 332 g/mol. The average Bonchev–Trinajstić information content (AvgIpc) is 3.27. The molecule has 23 heavy (non-hydrogen) atoms. The van der Waals surface area contributed by atoms with Gasteiger partial charge >= 0.3 is 0 Å². The van der Waals surface area contributed by atoms with Crippen LogP contribution in [0.2, 0.25) is 0 Å². The van der Waals surface area contributed by atoms with E-state index in [2.05, 4.69) is 15.2 Å². The van der Waals surface area contributed by atoms with Gasteiger partial charge in [0.25, 0.3) is 5.91 Å². The summed E-state index contributed by atoms with van der Waals surface area (Å²) in [7, 11) is 0. The average molecular weight is 350 g/mol. The Kier molecular flexibility index (Phi) is 4.92.